The van der Waals surface area contributed by atoms with Crippen LogP contribution >= 0.6 is 11.3 Å². The number of amides is 2. The highest BCUT2D eigenvalue weighted by atomic mass is 32.1. The zero-order chi connectivity index (χ0) is 20.3. The fraction of sp³-hybridized carbons (Fsp3) is 0.667. The van der Waals surface area contributed by atoms with E-state index in [-0.39, 0.29) is 17.9 Å². The highest BCUT2D eigenvalue weighted by molar-refractivity contribution is 7.16. The normalized spacial score (nSPS) is 23.2. The minimum Gasteiger partial charge on any atom is -0.481 e. The van der Waals surface area contributed by atoms with Gasteiger partial charge in [-0.15, -0.1) is 11.3 Å². The molecule has 0 bridgehead atoms. The standard InChI is InChI=1S/C21H30N2O4S/c1-12-13(2)28-20(17(12)19(25)22-14-8-4-3-5-9-14)23-18(24)15-10-6-7-11-16(15)21(26)27/h14-16H,3-11H2,1-2H3,(H,22,25)(H,23,24)(H,26,27)/t15-,16+/m0/s1. The fourth-order valence-corrected chi connectivity index (χ4v) is 5.50. The number of aryl methyl sites for hydroxylation is 1. The van der Waals surface area contributed by atoms with E-state index in [0.717, 1.165) is 49.0 Å². The first kappa shape index (κ1) is 20.8. The molecule has 2 atom stereocenters. The van der Waals surface area contributed by atoms with Crippen molar-refractivity contribution in [2.45, 2.75) is 77.7 Å². The Morgan fingerprint density at radius 1 is 0.929 bits per heavy atom. The fourth-order valence-electron chi connectivity index (χ4n) is 4.44. The van der Waals surface area contributed by atoms with Crippen LogP contribution in [0.2, 0.25) is 0 Å². The Kier molecular flexibility index (Phi) is 6.75. The highest BCUT2D eigenvalue weighted by Gasteiger charge is 2.36. The molecular formula is C21H30N2O4S. The van der Waals surface area contributed by atoms with Gasteiger partial charge in [-0.05, 0) is 45.1 Å². The number of anilines is 1. The number of carboxylic acid groups (broad SMARTS) is 1. The number of rotatable bonds is 5. The van der Waals surface area contributed by atoms with E-state index in [1.165, 1.54) is 17.8 Å². The lowest BCUT2D eigenvalue weighted by molar-refractivity contribution is -0.147. The summed E-state index contributed by atoms with van der Waals surface area (Å²) < 4.78 is 0. The lowest BCUT2D eigenvalue weighted by Gasteiger charge is -2.27. The summed E-state index contributed by atoms with van der Waals surface area (Å²) >= 11 is 1.39. The average molecular weight is 407 g/mol. The summed E-state index contributed by atoms with van der Waals surface area (Å²) in [5.74, 6) is -2.50. The molecule has 0 unspecified atom stereocenters. The van der Waals surface area contributed by atoms with E-state index in [1.54, 1.807) is 0 Å². The highest BCUT2D eigenvalue weighted by Crippen LogP contribution is 2.36. The quantitative estimate of drug-likeness (QED) is 0.681. The third-order valence-electron chi connectivity index (χ3n) is 6.21. The Labute approximate surface area is 170 Å². The summed E-state index contributed by atoms with van der Waals surface area (Å²) in [4.78, 5) is 38.3. The number of carbonyl (C=O) groups excluding carboxylic acids is 2. The molecule has 2 aliphatic carbocycles. The molecule has 3 N–H and O–H groups in total. The predicted octanol–water partition coefficient (Wildman–Crippen LogP) is 4.26. The number of carboxylic acids is 1. The van der Waals surface area contributed by atoms with Crippen LogP contribution in [0.5, 0.6) is 0 Å². The number of carbonyl (C=O) groups is 3. The van der Waals surface area contributed by atoms with E-state index in [9.17, 15) is 19.5 Å². The van der Waals surface area contributed by atoms with E-state index >= 15 is 0 Å². The van der Waals surface area contributed by atoms with Crippen LogP contribution in [0.3, 0.4) is 0 Å². The molecule has 1 aromatic rings. The van der Waals surface area contributed by atoms with Crippen molar-refractivity contribution >= 4 is 34.1 Å². The first-order valence-corrected chi connectivity index (χ1v) is 11.1. The van der Waals surface area contributed by atoms with Crippen molar-refractivity contribution in [1.82, 2.24) is 5.32 Å². The van der Waals surface area contributed by atoms with Crippen molar-refractivity contribution in [3.63, 3.8) is 0 Å². The van der Waals surface area contributed by atoms with Crippen molar-refractivity contribution in [3.8, 4) is 0 Å². The third kappa shape index (κ3) is 4.57. The van der Waals surface area contributed by atoms with Crippen LogP contribution < -0.4 is 10.6 Å². The molecule has 2 amide bonds. The molecule has 0 aliphatic heterocycles. The minimum absolute atomic E-state index is 0.137. The van der Waals surface area contributed by atoms with Crippen molar-refractivity contribution in [2.75, 3.05) is 5.32 Å². The van der Waals surface area contributed by atoms with Gasteiger partial charge in [-0.25, -0.2) is 0 Å². The van der Waals surface area contributed by atoms with Gasteiger partial charge < -0.3 is 15.7 Å². The summed E-state index contributed by atoms with van der Waals surface area (Å²) in [6.45, 7) is 3.84. The van der Waals surface area contributed by atoms with E-state index in [2.05, 4.69) is 10.6 Å². The molecule has 0 saturated heterocycles. The number of hydrogen-bond acceptors (Lipinski definition) is 4. The molecule has 1 heterocycles. The number of aliphatic carboxylic acids is 1. The monoisotopic (exact) mass is 406 g/mol. The summed E-state index contributed by atoms with van der Waals surface area (Å²) in [5, 5.41) is 16.0. The molecule has 0 aromatic carbocycles. The van der Waals surface area contributed by atoms with E-state index in [0.29, 0.717) is 23.4 Å². The summed E-state index contributed by atoms with van der Waals surface area (Å²) in [6, 6.07) is 0.194. The molecule has 154 valence electrons. The topological polar surface area (TPSA) is 95.5 Å². The first-order valence-electron chi connectivity index (χ1n) is 10.3. The number of hydrogen-bond donors (Lipinski definition) is 3. The van der Waals surface area contributed by atoms with Crippen molar-refractivity contribution < 1.29 is 19.5 Å². The van der Waals surface area contributed by atoms with Crippen LogP contribution in [0.4, 0.5) is 5.00 Å². The van der Waals surface area contributed by atoms with Crippen molar-refractivity contribution in [2.24, 2.45) is 11.8 Å². The van der Waals surface area contributed by atoms with Crippen LogP contribution in [0, 0.1) is 25.7 Å². The molecule has 7 heteroatoms. The molecule has 2 saturated carbocycles. The van der Waals surface area contributed by atoms with Crippen LogP contribution in [-0.2, 0) is 9.59 Å². The molecule has 0 radical (unpaired) electrons. The van der Waals surface area contributed by atoms with Crippen LogP contribution in [-0.4, -0.2) is 28.9 Å². The Morgan fingerprint density at radius 3 is 2.18 bits per heavy atom. The Morgan fingerprint density at radius 2 is 1.54 bits per heavy atom. The molecule has 6 nitrogen and oxygen atoms in total. The maximum absolute atomic E-state index is 12.9. The molecule has 2 fully saturated rings. The molecule has 2 aliphatic rings. The van der Waals surface area contributed by atoms with Gasteiger partial charge in [0.15, 0.2) is 0 Å². The SMILES string of the molecule is Cc1sc(NC(=O)[C@H]2CCCC[C@H]2C(=O)O)c(C(=O)NC2CCCCC2)c1C. The Hall–Kier alpha value is -1.89. The molecule has 0 spiro atoms. The summed E-state index contributed by atoms with van der Waals surface area (Å²) in [7, 11) is 0. The van der Waals surface area contributed by atoms with Gasteiger partial charge in [-0.1, -0.05) is 32.1 Å². The first-order chi connectivity index (χ1) is 13.4. The lowest BCUT2D eigenvalue weighted by Crippen LogP contribution is -2.38. The number of thiophene rings is 1. The maximum atomic E-state index is 12.9. The molecular weight excluding hydrogens is 376 g/mol. The Balaban J connectivity index is 1.76. The van der Waals surface area contributed by atoms with Crippen LogP contribution in [0.1, 0.15) is 78.6 Å². The molecule has 28 heavy (non-hydrogen) atoms. The van der Waals surface area contributed by atoms with Gasteiger partial charge in [0.1, 0.15) is 5.00 Å². The van der Waals surface area contributed by atoms with E-state index in [4.69, 9.17) is 0 Å². The largest absolute Gasteiger partial charge is 0.481 e. The van der Waals surface area contributed by atoms with Gasteiger partial charge in [0.25, 0.3) is 5.91 Å². The van der Waals surface area contributed by atoms with Gasteiger partial charge in [-0.3, -0.25) is 14.4 Å². The second-order valence-electron chi connectivity index (χ2n) is 8.12. The summed E-state index contributed by atoms with van der Waals surface area (Å²) in [5.41, 5.74) is 1.41. The van der Waals surface area contributed by atoms with Gasteiger partial charge >= 0.3 is 5.97 Å². The second kappa shape index (κ2) is 9.07. The van der Waals surface area contributed by atoms with Gasteiger partial charge in [0.05, 0.1) is 17.4 Å². The zero-order valence-corrected chi connectivity index (χ0v) is 17.5. The number of nitrogens with one attached hydrogen (secondary N) is 2. The van der Waals surface area contributed by atoms with Crippen molar-refractivity contribution in [1.29, 1.82) is 0 Å². The predicted molar refractivity (Wildman–Crippen MR) is 110 cm³/mol. The van der Waals surface area contributed by atoms with E-state index < -0.39 is 17.8 Å². The van der Waals surface area contributed by atoms with Crippen LogP contribution in [0.25, 0.3) is 0 Å². The van der Waals surface area contributed by atoms with Gasteiger partial charge in [0.2, 0.25) is 5.91 Å². The minimum atomic E-state index is -0.909. The summed E-state index contributed by atoms with van der Waals surface area (Å²) in [6.07, 6.45) is 8.29. The third-order valence-corrected chi connectivity index (χ3v) is 7.33. The lowest BCUT2D eigenvalue weighted by atomic mass is 9.79. The maximum Gasteiger partial charge on any atom is 0.307 e. The van der Waals surface area contributed by atoms with Crippen molar-refractivity contribution in [3.05, 3.63) is 16.0 Å². The average Bonchev–Trinajstić information content (AvgIpc) is 2.96. The second-order valence-corrected chi connectivity index (χ2v) is 9.35. The molecule has 3 rings (SSSR count). The Bertz CT molecular complexity index is 752. The zero-order valence-electron chi connectivity index (χ0n) is 16.7. The molecule has 1 aromatic heterocycles. The van der Waals surface area contributed by atoms with Crippen LogP contribution in [0.15, 0.2) is 0 Å². The van der Waals surface area contributed by atoms with E-state index in [1.807, 2.05) is 13.8 Å². The smallest absolute Gasteiger partial charge is 0.307 e. The van der Waals surface area contributed by atoms with Gasteiger partial charge in [0, 0.05) is 10.9 Å². The van der Waals surface area contributed by atoms with Gasteiger partial charge in [-0.2, -0.15) is 0 Å².